The monoisotopic (exact) mass is 490 g/mol. The summed E-state index contributed by atoms with van der Waals surface area (Å²) in [5.74, 6) is -1.28. The van der Waals surface area contributed by atoms with Crippen LogP contribution in [0.25, 0.3) is 5.57 Å². The van der Waals surface area contributed by atoms with Crippen LogP contribution in [0.2, 0.25) is 0 Å². The van der Waals surface area contributed by atoms with E-state index in [1.807, 2.05) is 18.2 Å². The van der Waals surface area contributed by atoms with E-state index in [1.54, 1.807) is 13.0 Å². The first-order valence-electron chi connectivity index (χ1n) is 11.5. The van der Waals surface area contributed by atoms with Gasteiger partial charge in [-0.05, 0) is 77.5 Å². The molecule has 2 aromatic carbocycles. The number of rotatable bonds is 8. The second-order valence-electron chi connectivity index (χ2n) is 8.54. The summed E-state index contributed by atoms with van der Waals surface area (Å²) in [7, 11) is 0. The Balaban J connectivity index is 1.38. The molecule has 0 atom stereocenters. The van der Waals surface area contributed by atoms with Gasteiger partial charge in [0, 0.05) is 35.4 Å². The highest BCUT2D eigenvalue weighted by molar-refractivity contribution is 5.88. The molecule has 2 heterocycles. The number of ether oxygens (including phenoxy) is 1. The van der Waals surface area contributed by atoms with Crippen molar-refractivity contribution >= 4 is 11.4 Å². The standard InChI is InChI=1S/C27H24F2N4O3/c1-17(14-30)26-22-8-5-18(12-20(22)16-36-24-13-21(28)7-9-23(24)26)15-31-11-3-2-4-19-6-10-25(29)32-27(19)33(34)35/h5-10,12-13,31H,2-4,11,15-16H2,1H3/b26-17+. The van der Waals surface area contributed by atoms with Crippen LogP contribution in [0.1, 0.15) is 47.6 Å². The number of nitriles is 1. The van der Waals surface area contributed by atoms with Gasteiger partial charge in [-0.15, -0.1) is 0 Å². The highest BCUT2D eigenvalue weighted by Crippen LogP contribution is 2.39. The summed E-state index contributed by atoms with van der Waals surface area (Å²) in [6.45, 7) is 3.29. The minimum atomic E-state index is -0.861. The number of nitrogens with one attached hydrogen (secondary N) is 1. The third-order valence-electron chi connectivity index (χ3n) is 6.05. The number of pyridine rings is 1. The molecule has 1 N–H and O–H groups in total. The van der Waals surface area contributed by atoms with E-state index >= 15 is 0 Å². The second kappa shape index (κ2) is 11.1. The smallest absolute Gasteiger partial charge is 0.370 e. The van der Waals surface area contributed by atoms with Crippen LogP contribution in [0.4, 0.5) is 14.6 Å². The van der Waals surface area contributed by atoms with Crippen molar-refractivity contribution in [2.24, 2.45) is 0 Å². The molecular weight excluding hydrogens is 466 g/mol. The van der Waals surface area contributed by atoms with Crippen LogP contribution in [0.15, 0.2) is 54.1 Å². The normalized spacial score (nSPS) is 13.6. The first-order chi connectivity index (χ1) is 17.4. The number of halogens is 2. The van der Waals surface area contributed by atoms with Crippen molar-refractivity contribution in [3.05, 3.63) is 104 Å². The van der Waals surface area contributed by atoms with Crippen molar-refractivity contribution < 1.29 is 18.4 Å². The van der Waals surface area contributed by atoms with Gasteiger partial charge in [0.05, 0.1) is 11.6 Å². The van der Waals surface area contributed by atoms with Crippen molar-refractivity contribution in [2.75, 3.05) is 6.54 Å². The largest absolute Gasteiger partial charge is 0.488 e. The maximum Gasteiger partial charge on any atom is 0.370 e. The van der Waals surface area contributed by atoms with E-state index in [4.69, 9.17) is 4.74 Å². The number of nitro groups is 1. The highest BCUT2D eigenvalue weighted by atomic mass is 19.1. The lowest BCUT2D eigenvalue weighted by molar-refractivity contribution is -0.390. The van der Waals surface area contributed by atoms with Gasteiger partial charge in [-0.2, -0.15) is 9.65 Å². The molecule has 1 aliphatic heterocycles. The van der Waals surface area contributed by atoms with E-state index in [1.165, 1.54) is 18.2 Å². The number of aryl methyl sites for hydroxylation is 1. The van der Waals surface area contributed by atoms with Crippen LogP contribution < -0.4 is 10.1 Å². The Morgan fingerprint density at radius 3 is 2.75 bits per heavy atom. The molecule has 1 aromatic heterocycles. The van der Waals surface area contributed by atoms with E-state index in [9.17, 15) is 24.2 Å². The fourth-order valence-electron chi connectivity index (χ4n) is 4.31. The van der Waals surface area contributed by atoms with E-state index in [2.05, 4.69) is 16.4 Å². The summed E-state index contributed by atoms with van der Waals surface area (Å²) in [5.41, 5.74) is 5.20. The molecule has 4 rings (SSSR count). The Morgan fingerprint density at radius 1 is 1.17 bits per heavy atom. The van der Waals surface area contributed by atoms with Crippen LogP contribution >= 0.6 is 0 Å². The number of hydrogen-bond acceptors (Lipinski definition) is 6. The molecule has 0 unspecified atom stereocenters. The summed E-state index contributed by atoms with van der Waals surface area (Å²) in [4.78, 5) is 13.8. The zero-order valence-electron chi connectivity index (χ0n) is 19.7. The molecule has 184 valence electrons. The minimum absolute atomic E-state index is 0.256. The molecule has 36 heavy (non-hydrogen) atoms. The summed E-state index contributed by atoms with van der Waals surface area (Å²) in [5, 5.41) is 24.0. The van der Waals surface area contributed by atoms with Gasteiger partial charge in [-0.25, -0.2) is 4.39 Å². The third-order valence-corrected chi connectivity index (χ3v) is 6.05. The predicted octanol–water partition coefficient (Wildman–Crippen LogP) is 5.62. The zero-order chi connectivity index (χ0) is 25.7. The lowest BCUT2D eigenvalue weighted by Gasteiger charge is -2.13. The Kier molecular flexibility index (Phi) is 7.66. The fourth-order valence-corrected chi connectivity index (χ4v) is 4.31. The molecule has 0 saturated heterocycles. The lowest BCUT2D eigenvalue weighted by atomic mass is 9.90. The van der Waals surface area contributed by atoms with Gasteiger partial charge in [0.15, 0.2) is 0 Å². The van der Waals surface area contributed by atoms with Gasteiger partial charge in [0.2, 0.25) is 0 Å². The molecule has 0 aliphatic carbocycles. The Labute approximate surface area is 207 Å². The van der Waals surface area contributed by atoms with E-state index in [0.717, 1.165) is 34.8 Å². The molecule has 9 heteroatoms. The SMILES string of the molecule is C/C(C#N)=C1/c2ccc(CNCCCCc3ccc(F)nc3[N+](=O)[O-])cc2COc2cc(F)ccc21. The van der Waals surface area contributed by atoms with Crippen LogP contribution in [0, 0.1) is 33.2 Å². The average Bonchev–Trinajstić information content (AvgIpc) is 3.02. The third kappa shape index (κ3) is 5.56. The maximum atomic E-state index is 13.8. The topological polar surface area (TPSA) is 101 Å². The van der Waals surface area contributed by atoms with Crippen LogP contribution in [-0.2, 0) is 19.6 Å². The summed E-state index contributed by atoms with van der Waals surface area (Å²) in [6, 6.07) is 15.1. The zero-order valence-corrected chi connectivity index (χ0v) is 19.7. The van der Waals surface area contributed by atoms with Crippen LogP contribution in [0.3, 0.4) is 0 Å². The van der Waals surface area contributed by atoms with Crippen molar-refractivity contribution in [3.63, 3.8) is 0 Å². The van der Waals surface area contributed by atoms with Crippen molar-refractivity contribution in [1.82, 2.24) is 10.3 Å². The number of hydrogen-bond donors (Lipinski definition) is 1. The Hall–Kier alpha value is -4.16. The number of fused-ring (bicyclic) bond motifs is 2. The van der Waals surface area contributed by atoms with Gasteiger partial charge < -0.3 is 20.2 Å². The molecular formula is C27H24F2N4O3. The molecule has 7 nitrogen and oxygen atoms in total. The van der Waals surface area contributed by atoms with Crippen molar-refractivity contribution in [2.45, 2.75) is 39.3 Å². The second-order valence-corrected chi connectivity index (χ2v) is 8.54. The first kappa shape index (κ1) is 24.9. The predicted molar refractivity (Wildman–Crippen MR) is 130 cm³/mol. The highest BCUT2D eigenvalue weighted by Gasteiger charge is 2.22. The molecule has 0 radical (unpaired) electrons. The number of aromatic nitrogens is 1. The molecule has 0 saturated carbocycles. The van der Waals surface area contributed by atoms with Crippen molar-refractivity contribution in [1.29, 1.82) is 5.26 Å². The minimum Gasteiger partial charge on any atom is -0.488 e. The van der Waals surface area contributed by atoms with Gasteiger partial charge in [0.1, 0.15) is 18.2 Å². The summed E-state index contributed by atoms with van der Waals surface area (Å²) in [6.07, 6.45) is 1.91. The van der Waals surface area contributed by atoms with Crippen LogP contribution in [-0.4, -0.2) is 16.5 Å². The van der Waals surface area contributed by atoms with Gasteiger partial charge in [0.25, 0.3) is 0 Å². The maximum absolute atomic E-state index is 13.8. The Bertz CT molecular complexity index is 1380. The van der Waals surface area contributed by atoms with Crippen LogP contribution in [0.5, 0.6) is 5.75 Å². The lowest BCUT2D eigenvalue weighted by Crippen LogP contribution is -2.15. The van der Waals surface area contributed by atoms with Gasteiger partial charge >= 0.3 is 11.8 Å². The van der Waals surface area contributed by atoms with E-state index in [0.29, 0.717) is 48.4 Å². The number of nitrogens with zero attached hydrogens (tertiary/aromatic N) is 3. The summed E-state index contributed by atoms with van der Waals surface area (Å²) < 4.78 is 32.9. The van der Waals surface area contributed by atoms with Crippen molar-refractivity contribution in [3.8, 4) is 11.8 Å². The first-order valence-corrected chi connectivity index (χ1v) is 11.5. The Morgan fingerprint density at radius 2 is 1.97 bits per heavy atom. The summed E-state index contributed by atoms with van der Waals surface area (Å²) >= 11 is 0. The molecule has 0 fully saturated rings. The molecule has 3 aromatic rings. The average molecular weight is 491 g/mol. The molecule has 0 amide bonds. The number of unbranched alkanes of at least 4 members (excludes halogenated alkanes) is 1. The fraction of sp³-hybridized carbons (Fsp3) is 0.259. The van der Waals surface area contributed by atoms with E-state index in [-0.39, 0.29) is 6.61 Å². The molecule has 0 spiro atoms. The molecule has 0 bridgehead atoms. The van der Waals surface area contributed by atoms with E-state index < -0.39 is 22.5 Å². The quantitative estimate of drug-likeness (QED) is 0.145. The van der Waals surface area contributed by atoms with Gasteiger partial charge in [-0.1, -0.05) is 18.2 Å². The number of benzene rings is 2. The van der Waals surface area contributed by atoms with Gasteiger partial charge in [-0.3, -0.25) is 0 Å². The number of allylic oxidation sites excluding steroid dienone is 1. The molecule has 1 aliphatic rings.